The molecule has 0 bridgehead atoms. The molecule has 1 aliphatic rings. The van der Waals surface area contributed by atoms with Crippen molar-refractivity contribution in [3.8, 4) is 0 Å². The van der Waals surface area contributed by atoms with Crippen molar-refractivity contribution in [3.63, 3.8) is 0 Å². The van der Waals surface area contributed by atoms with Gasteiger partial charge in [-0.2, -0.15) is 10.1 Å². The maximum atomic E-state index is 12.9. The first-order valence-electron chi connectivity index (χ1n) is 9.87. The minimum absolute atomic E-state index is 0.00792. The van der Waals surface area contributed by atoms with Gasteiger partial charge in [-0.25, -0.2) is 14.3 Å². The number of aromatic nitrogens is 4. The number of ether oxygens (including phenoxy) is 1. The van der Waals surface area contributed by atoms with Crippen molar-refractivity contribution in [2.45, 2.75) is 43.3 Å². The second-order valence-electron chi connectivity index (χ2n) is 7.49. The Kier molecular flexibility index (Phi) is 5.72. The lowest BCUT2D eigenvalue weighted by molar-refractivity contribution is -0.121. The molecule has 4 rings (SSSR count). The summed E-state index contributed by atoms with van der Waals surface area (Å²) in [7, 11) is 0. The van der Waals surface area contributed by atoms with Gasteiger partial charge in [0.2, 0.25) is 0 Å². The zero-order valence-electron chi connectivity index (χ0n) is 17.1. The van der Waals surface area contributed by atoms with E-state index in [2.05, 4.69) is 22.0 Å². The van der Waals surface area contributed by atoms with E-state index in [1.165, 1.54) is 17.0 Å². The van der Waals surface area contributed by atoms with Gasteiger partial charge in [-0.05, 0) is 24.5 Å². The average molecular weight is 426 g/mol. The molecule has 0 spiro atoms. The Bertz CT molecular complexity index is 1100. The molecule has 8 nitrogen and oxygen atoms in total. The summed E-state index contributed by atoms with van der Waals surface area (Å²) in [6.45, 7) is 6.30. The van der Waals surface area contributed by atoms with E-state index in [0.717, 1.165) is 17.0 Å². The number of carbonyl (C=O) groups excluding carboxylic acids is 2. The van der Waals surface area contributed by atoms with Gasteiger partial charge in [-0.3, -0.25) is 4.79 Å². The monoisotopic (exact) mass is 425 g/mol. The number of anilines is 1. The van der Waals surface area contributed by atoms with Crippen LogP contribution >= 0.6 is 11.8 Å². The topological polar surface area (TPSA) is 89.7 Å². The number of thioether (sulfide) groups is 1. The molecular weight excluding hydrogens is 402 g/mol. The Hall–Kier alpha value is -2.94. The number of fused-ring (bicyclic) bond motifs is 2. The van der Waals surface area contributed by atoms with Gasteiger partial charge in [-0.1, -0.05) is 32.9 Å². The molecule has 3 aromatic rings. The van der Waals surface area contributed by atoms with Crippen LogP contribution in [0.2, 0.25) is 0 Å². The maximum Gasteiger partial charge on any atom is 0.342 e. The first-order chi connectivity index (χ1) is 14.5. The maximum absolute atomic E-state index is 12.9. The molecule has 1 unspecified atom stereocenters. The number of amides is 1. The Balaban J connectivity index is 1.53. The Morgan fingerprint density at radius 1 is 1.27 bits per heavy atom. The summed E-state index contributed by atoms with van der Waals surface area (Å²) < 4.78 is 6.94. The molecule has 0 fully saturated rings. The molecule has 30 heavy (non-hydrogen) atoms. The highest BCUT2D eigenvalue weighted by Gasteiger charge is 2.26. The van der Waals surface area contributed by atoms with Gasteiger partial charge in [0.25, 0.3) is 11.7 Å². The van der Waals surface area contributed by atoms with Gasteiger partial charge < -0.3 is 9.64 Å². The summed E-state index contributed by atoms with van der Waals surface area (Å²) in [5, 5.41) is 4.56. The van der Waals surface area contributed by atoms with Crippen LogP contribution in [0.3, 0.4) is 0 Å². The SMILES string of the molecule is CC1CCN(C(=O)COC(=O)c2cnc3ncnn3c2C(C)C)c2ccccc2S1. The van der Waals surface area contributed by atoms with Crippen LogP contribution in [0.15, 0.2) is 41.7 Å². The molecule has 0 N–H and O–H groups in total. The van der Waals surface area contributed by atoms with E-state index in [0.29, 0.717) is 23.3 Å². The summed E-state index contributed by atoms with van der Waals surface area (Å²) in [5.74, 6) is -0.431. The predicted octanol–water partition coefficient (Wildman–Crippen LogP) is 3.32. The second-order valence-corrected chi connectivity index (χ2v) is 8.97. The molecule has 2 aromatic heterocycles. The van der Waals surface area contributed by atoms with Crippen LogP contribution < -0.4 is 4.90 Å². The molecule has 1 aliphatic heterocycles. The molecule has 0 saturated carbocycles. The molecular formula is C21H23N5O3S. The van der Waals surface area contributed by atoms with E-state index >= 15 is 0 Å². The molecule has 156 valence electrons. The predicted molar refractivity (Wildman–Crippen MR) is 114 cm³/mol. The van der Waals surface area contributed by atoms with Gasteiger partial charge in [-0.15, -0.1) is 11.8 Å². The Morgan fingerprint density at radius 3 is 2.87 bits per heavy atom. The molecule has 3 heterocycles. The number of esters is 1. The highest BCUT2D eigenvalue weighted by molar-refractivity contribution is 8.00. The Morgan fingerprint density at radius 2 is 2.07 bits per heavy atom. The summed E-state index contributed by atoms with van der Waals surface area (Å²) in [6, 6.07) is 7.82. The van der Waals surface area contributed by atoms with Gasteiger partial charge in [0.1, 0.15) is 6.33 Å². The molecule has 1 aromatic carbocycles. The van der Waals surface area contributed by atoms with Crippen LogP contribution in [0, 0.1) is 0 Å². The van der Waals surface area contributed by atoms with Crippen LogP contribution in [-0.2, 0) is 9.53 Å². The van der Waals surface area contributed by atoms with E-state index < -0.39 is 5.97 Å². The third-order valence-corrected chi connectivity index (χ3v) is 6.22. The minimum Gasteiger partial charge on any atom is -0.452 e. The van der Waals surface area contributed by atoms with Crippen LogP contribution in [0.25, 0.3) is 5.78 Å². The standard InChI is InChI=1S/C21H23N5O3S/c1-13(2)19-15(10-22-21-23-12-24-26(19)21)20(28)29-11-18(27)25-9-8-14(3)30-17-7-5-4-6-16(17)25/h4-7,10,12-14H,8-9,11H2,1-3H3. The number of para-hydroxylation sites is 1. The molecule has 0 radical (unpaired) electrons. The number of carbonyl (C=O) groups is 2. The van der Waals surface area contributed by atoms with Crippen LogP contribution in [0.1, 0.15) is 49.2 Å². The van der Waals surface area contributed by atoms with Crippen molar-refractivity contribution in [1.82, 2.24) is 19.6 Å². The van der Waals surface area contributed by atoms with E-state index in [1.54, 1.807) is 16.7 Å². The van der Waals surface area contributed by atoms with Crippen LogP contribution in [-0.4, -0.2) is 49.9 Å². The Labute approximate surface area is 178 Å². The smallest absolute Gasteiger partial charge is 0.342 e. The fraction of sp³-hybridized carbons (Fsp3) is 0.381. The summed E-state index contributed by atoms with van der Waals surface area (Å²) in [5.41, 5.74) is 1.80. The van der Waals surface area contributed by atoms with Crippen molar-refractivity contribution in [2.75, 3.05) is 18.1 Å². The highest BCUT2D eigenvalue weighted by atomic mass is 32.2. The third-order valence-electron chi connectivity index (χ3n) is 4.98. The third kappa shape index (κ3) is 3.89. The number of hydrogen-bond donors (Lipinski definition) is 0. The van der Waals surface area contributed by atoms with E-state index in [-0.39, 0.29) is 24.0 Å². The fourth-order valence-electron chi connectivity index (χ4n) is 3.54. The number of rotatable bonds is 4. The van der Waals surface area contributed by atoms with Crippen molar-refractivity contribution in [2.24, 2.45) is 0 Å². The van der Waals surface area contributed by atoms with E-state index in [4.69, 9.17) is 4.74 Å². The zero-order valence-corrected chi connectivity index (χ0v) is 17.9. The van der Waals surface area contributed by atoms with Crippen molar-refractivity contribution >= 4 is 35.1 Å². The molecule has 1 atom stereocenters. The molecule has 9 heteroatoms. The molecule has 0 saturated heterocycles. The van der Waals surface area contributed by atoms with Gasteiger partial charge in [0, 0.05) is 22.9 Å². The van der Waals surface area contributed by atoms with Crippen molar-refractivity contribution in [1.29, 1.82) is 0 Å². The van der Waals surface area contributed by atoms with Crippen LogP contribution in [0.4, 0.5) is 5.69 Å². The first kappa shape index (κ1) is 20.3. The minimum atomic E-state index is -0.595. The first-order valence-corrected chi connectivity index (χ1v) is 10.8. The second kappa shape index (κ2) is 8.43. The summed E-state index contributed by atoms with van der Waals surface area (Å²) in [6.07, 6.45) is 3.69. The highest BCUT2D eigenvalue weighted by Crippen LogP contribution is 2.37. The summed E-state index contributed by atoms with van der Waals surface area (Å²) in [4.78, 5) is 36.7. The summed E-state index contributed by atoms with van der Waals surface area (Å²) >= 11 is 1.76. The van der Waals surface area contributed by atoms with Crippen molar-refractivity contribution in [3.05, 3.63) is 48.0 Å². The normalized spacial score (nSPS) is 16.4. The van der Waals surface area contributed by atoms with Gasteiger partial charge in [0.05, 0.1) is 16.9 Å². The zero-order chi connectivity index (χ0) is 21.3. The van der Waals surface area contributed by atoms with Gasteiger partial charge in [0.15, 0.2) is 6.61 Å². The number of nitrogens with zero attached hydrogens (tertiary/aromatic N) is 5. The number of benzene rings is 1. The lowest BCUT2D eigenvalue weighted by atomic mass is 10.1. The molecule has 1 amide bonds. The largest absolute Gasteiger partial charge is 0.452 e. The lowest BCUT2D eigenvalue weighted by Gasteiger charge is -2.22. The quantitative estimate of drug-likeness (QED) is 0.592. The van der Waals surface area contributed by atoms with Crippen molar-refractivity contribution < 1.29 is 14.3 Å². The van der Waals surface area contributed by atoms with E-state index in [9.17, 15) is 9.59 Å². The fourth-order valence-corrected chi connectivity index (χ4v) is 4.65. The lowest BCUT2D eigenvalue weighted by Crippen LogP contribution is -2.36. The van der Waals surface area contributed by atoms with E-state index in [1.807, 2.05) is 38.1 Å². The van der Waals surface area contributed by atoms with Crippen LogP contribution in [0.5, 0.6) is 0 Å². The van der Waals surface area contributed by atoms with Gasteiger partial charge >= 0.3 is 5.97 Å². The number of hydrogen-bond acceptors (Lipinski definition) is 7. The average Bonchev–Trinajstić information content (AvgIpc) is 3.13. The molecule has 0 aliphatic carbocycles.